The molecule has 2 rings (SSSR count). The molecule has 1 atom stereocenters. The van der Waals surface area contributed by atoms with Gasteiger partial charge in [0, 0.05) is 11.3 Å². The zero-order chi connectivity index (χ0) is 9.97. The third kappa shape index (κ3) is 2.56. The van der Waals surface area contributed by atoms with Gasteiger partial charge in [-0.05, 0) is 51.0 Å². The minimum Gasteiger partial charge on any atom is -0.388 e. The van der Waals surface area contributed by atoms with Gasteiger partial charge in [0.2, 0.25) is 0 Å². The lowest BCUT2D eigenvalue weighted by Gasteiger charge is -2.06. The molecule has 0 radical (unpaired) electrons. The van der Waals surface area contributed by atoms with Crippen molar-refractivity contribution in [1.82, 2.24) is 0 Å². The van der Waals surface area contributed by atoms with Crippen LogP contribution in [0.25, 0.3) is 0 Å². The summed E-state index contributed by atoms with van der Waals surface area (Å²) in [6.45, 7) is 0. The topological polar surface area (TPSA) is 20.2 Å². The lowest BCUT2D eigenvalue weighted by atomic mass is 10.1. The smallest absolute Gasteiger partial charge is 0.0846 e. The normalized spacial score (nSPS) is 13.0. The standard InChI is InChI=1S/C10H9IOS2/c11-10-4-7(6-14-10)9(12)5-8-2-1-3-13-8/h1-4,6,9,12H,5H2. The minimum atomic E-state index is -0.353. The number of hydrogen-bond donors (Lipinski definition) is 1. The third-order valence-corrected chi connectivity index (χ3v) is 4.65. The van der Waals surface area contributed by atoms with Gasteiger partial charge in [-0.1, -0.05) is 6.07 Å². The molecular weight excluding hydrogens is 327 g/mol. The van der Waals surface area contributed by atoms with Crippen molar-refractivity contribution in [2.24, 2.45) is 0 Å². The van der Waals surface area contributed by atoms with Crippen LogP contribution in [0.4, 0.5) is 0 Å². The first kappa shape index (κ1) is 10.6. The molecule has 2 heterocycles. The van der Waals surface area contributed by atoms with Crippen LogP contribution in [0.1, 0.15) is 16.5 Å². The summed E-state index contributed by atoms with van der Waals surface area (Å²) in [5, 5.41) is 14.0. The van der Waals surface area contributed by atoms with Gasteiger partial charge in [0.05, 0.1) is 8.99 Å². The van der Waals surface area contributed by atoms with Crippen LogP contribution in [0.3, 0.4) is 0 Å². The Labute approximate surface area is 105 Å². The highest BCUT2D eigenvalue weighted by atomic mass is 127. The molecule has 1 N–H and O–H groups in total. The van der Waals surface area contributed by atoms with E-state index in [1.165, 1.54) is 7.76 Å². The molecule has 74 valence electrons. The van der Waals surface area contributed by atoms with Crippen molar-refractivity contribution in [3.05, 3.63) is 42.3 Å². The highest BCUT2D eigenvalue weighted by molar-refractivity contribution is 14.1. The average Bonchev–Trinajstić information content (AvgIpc) is 2.75. The molecule has 0 bridgehead atoms. The van der Waals surface area contributed by atoms with E-state index in [4.69, 9.17) is 0 Å². The highest BCUT2D eigenvalue weighted by Crippen LogP contribution is 2.25. The van der Waals surface area contributed by atoms with Crippen LogP contribution in [0.5, 0.6) is 0 Å². The van der Waals surface area contributed by atoms with E-state index >= 15 is 0 Å². The molecule has 1 unspecified atom stereocenters. The number of rotatable bonds is 3. The van der Waals surface area contributed by atoms with Crippen molar-refractivity contribution < 1.29 is 5.11 Å². The summed E-state index contributed by atoms with van der Waals surface area (Å²) in [4.78, 5) is 1.23. The van der Waals surface area contributed by atoms with Gasteiger partial charge in [-0.2, -0.15) is 0 Å². The fraction of sp³-hybridized carbons (Fsp3) is 0.200. The van der Waals surface area contributed by atoms with Gasteiger partial charge in [-0.3, -0.25) is 0 Å². The first-order chi connectivity index (χ1) is 6.75. The first-order valence-electron chi connectivity index (χ1n) is 4.20. The van der Waals surface area contributed by atoms with Crippen LogP contribution in [-0.4, -0.2) is 5.11 Å². The lowest BCUT2D eigenvalue weighted by molar-refractivity contribution is 0.180. The monoisotopic (exact) mass is 336 g/mol. The lowest BCUT2D eigenvalue weighted by Crippen LogP contribution is -1.98. The van der Waals surface area contributed by atoms with E-state index in [9.17, 15) is 5.11 Å². The van der Waals surface area contributed by atoms with E-state index in [1.807, 2.05) is 22.9 Å². The van der Waals surface area contributed by atoms with Crippen LogP contribution in [-0.2, 0) is 6.42 Å². The Morgan fingerprint density at radius 3 is 2.86 bits per heavy atom. The van der Waals surface area contributed by atoms with Gasteiger partial charge in [0.25, 0.3) is 0 Å². The second-order valence-electron chi connectivity index (χ2n) is 2.98. The Hall–Kier alpha value is 0.0900. The molecule has 0 aromatic carbocycles. The predicted octanol–water partition coefficient (Wildman–Crippen LogP) is 3.69. The van der Waals surface area contributed by atoms with E-state index < -0.39 is 0 Å². The summed E-state index contributed by atoms with van der Waals surface area (Å²) in [5.41, 5.74) is 1.04. The number of aliphatic hydroxyl groups is 1. The second kappa shape index (κ2) is 4.74. The van der Waals surface area contributed by atoms with Gasteiger partial charge in [0.15, 0.2) is 0 Å². The molecule has 14 heavy (non-hydrogen) atoms. The first-order valence-corrected chi connectivity index (χ1v) is 7.04. The van der Waals surface area contributed by atoms with Crippen molar-refractivity contribution in [1.29, 1.82) is 0 Å². The maximum absolute atomic E-state index is 9.92. The van der Waals surface area contributed by atoms with Gasteiger partial charge < -0.3 is 5.11 Å². The van der Waals surface area contributed by atoms with Gasteiger partial charge in [-0.15, -0.1) is 22.7 Å². The highest BCUT2D eigenvalue weighted by Gasteiger charge is 2.10. The summed E-state index contributed by atoms with van der Waals surface area (Å²) in [5.74, 6) is 0. The summed E-state index contributed by atoms with van der Waals surface area (Å²) in [6.07, 6.45) is 0.373. The molecule has 0 aliphatic rings. The summed E-state index contributed by atoms with van der Waals surface area (Å²) >= 11 is 5.64. The number of thiophene rings is 2. The second-order valence-corrected chi connectivity index (χ2v) is 6.82. The molecule has 0 fully saturated rings. The molecule has 2 aromatic rings. The molecule has 0 aliphatic carbocycles. The largest absolute Gasteiger partial charge is 0.388 e. The van der Waals surface area contributed by atoms with Crippen molar-refractivity contribution in [3.63, 3.8) is 0 Å². The van der Waals surface area contributed by atoms with Crippen LogP contribution < -0.4 is 0 Å². The average molecular weight is 336 g/mol. The van der Waals surface area contributed by atoms with Gasteiger partial charge >= 0.3 is 0 Å². The molecule has 0 aliphatic heterocycles. The maximum Gasteiger partial charge on any atom is 0.0846 e. The van der Waals surface area contributed by atoms with Crippen LogP contribution in [0.15, 0.2) is 29.0 Å². The molecule has 0 saturated heterocycles. The Morgan fingerprint density at radius 2 is 2.29 bits per heavy atom. The maximum atomic E-state index is 9.92. The third-order valence-electron chi connectivity index (χ3n) is 1.95. The Balaban J connectivity index is 2.06. The molecule has 0 amide bonds. The summed E-state index contributed by atoms with van der Waals surface area (Å²) < 4.78 is 1.22. The molecular formula is C10H9IOS2. The van der Waals surface area contributed by atoms with Gasteiger partial charge in [-0.25, -0.2) is 0 Å². The van der Waals surface area contributed by atoms with E-state index in [-0.39, 0.29) is 6.10 Å². The number of halogens is 1. The summed E-state index contributed by atoms with van der Waals surface area (Å²) in [6, 6.07) is 6.12. The van der Waals surface area contributed by atoms with E-state index in [0.29, 0.717) is 0 Å². The van der Waals surface area contributed by atoms with Gasteiger partial charge in [0.1, 0.15) is 0 Å². The zero-order valence-electron chi connectivity index (χ0n) is 7.31. The number of hydrogen-bond acceptors (Lipinski definition) is 3. The van der Waals surface area contributed by atoms with Crippen molar-refractivity contribution in [2.45, 2.75) is 12.5 Å². The van der Waals surface area contributed by atoms with E-state index in [0.717, 1.165) is 12.0 Å². The summed E-state index contributed by atoms with van der Waals surface area (Å²) in [7, 11) is 0. The van der Waals surface area contributed by atoms with E-state index in [2.05, 4.69) is 28.7 Å². The van der Waals surface area contributed by atoms with Crippen molar-refractivity contribution in [2.75, 3.05) is 0 Å². The fourth-order valence-electron chi connectivity index (χ4n) is 1.24. The van der Waals surface area contributed by atoms with Crippen LogP contribution >= 0.6 is 45.3 Å². The molecule has 2 aromatic heterocycles. The molecule has 4 heteroatoms. The zero-order valence-corrected chi connectivity index (χ0v) is 11.1. The Kier molecular flexibility index (Phi) is 3.59. The minimum absolute atomic E-state index is 0.353. The van der Waals surface area contributed by atoms with Crippen LogP contribution in [0, 0.1) is 2.88 Å². The molecule has 1 nitrogen and oxygen atoms in total. The van der Waals surface area contributed by atoms with Crippen LogP contribution in [0.2, 0.25) is 0 Å². The quantitative estimate of drug-likeness (QED) is 0.848. The van der Waals surface area contributed by atoms with Crippen molar-refractivity contribution >= 4 is 45.3 Å². The fourth-order valence-corrected chi connectivity index (χ4v) is 3.40. The number of aliphatic hydroxyl groups excluding tert-OH is 1. The molecule has 0 spiro atoms. The Bertz CT molecular complexity index is 394. The predicted molar refractivity (Wildman–Crippen MR) is 70.0 cm³/mol. The Morgan fingerprint density at radius 1 is 1.43 bits per heavy atom. The van der Waals surface area contributed by atoms with Crippen molar-refractivity contribution in [3.8, 4) is 0 Å². The molecule has 0 saturated carbocycles. The SMILES string of the molecule is OC(Cc1cccs1)c1csc(I)c1. The van der Waals surface area contributed by atoms with E-state index in [1.54, 1.807) is 22.7 Å².